The minimum absolute atomic E-state index is 0.189. The van der Waals surface area contributed by atoms with Gasteiger partial charge in [0.05, 0.1) is 17.9 Å². The molecule has 5 nitrogen and oxygen atoms in total. The van der Waals surface area contributed by atoms with Crippen LogP contribution < -0.4 is 0 Å². The molecule has 2 atom stereocenters. The summed E-state index contributed by atoms with van der Waals surface area (Å²) < 4.78 is 53.9. The molecule has 0 spiro atoms. The molecule has 0 saturated carbocycles. The summed E-state index contributed by atoms with van der Waals surface area (Å²) in [7, 11) is -2.29. The van der Waals surface area contributed by atoms with Crippen LogP contribution in [0.4, 0.5) is 8.78 Å². The van der Waals surface area contributed by atoms with E-state index in [1.807, 2.05) is 35.2 Å². The predicted octanol–water partition coefficient (Wildman–Crippen LogP) is 2.53. The first-order valence-corrected chi connectivity index (χ1v) is 10.7. The zero-order chi connectivity index (χ0) is 20.3. The van der Waals surface area contributed by atoms with Gasteiger partial charge in [0.25, 0.3) is 0 Å². The minimum Gasteiger partial charge on any atom is -0.392 e. The second kappa shape index (κ2) is 8.65. The van der Waals surface area contributed by atoms with Gasteiger partial charge in [0, 0.05) is 26.7 Å². The Kier molecular flexibility index (Phi) is 6.44. The third kappa shape index (κ3) is 4.94. The molecule has 1 fully saturated rings. The van der Waals surface area contributed by atoms with Gasteiger partial charge in [0.2, 0.25) is 10.0 Å². The number of hydrogen-bond acceptors (Lipinski definition) is 4. The number of sulfonamides is 1. The van der Waals surface area contributed by atoms with E-state index in [9.17, 15) is 22.3 Å². The van der Waals surface area contributed by atoms with Gasteiger partial charge in [-0.15, -0.1) is 0 Å². The van der Waals surface area contributed by atoms with Gasteiger partial charge in [-0.25, -0.2) is 17.2 Å². The van der Waals surface area contributed by atoms with Crippen LogP contribution in [0, 0.1) is 11.6 Å². The average Bonchev–Trinajstić information content (AvgIpc) is 3.07. The fraction of sp³-hybridized carbons (Fsp3) is 0.400. The molecule has 0 bridgehead atoms. The molecule has 3 rings (SSSR count). The van der Waals surface area contributed by atoms with Crippen molar-refractivity contribution in [3.8, 4) is 0 Å². The standard InChI is InChI=1S/C20H24F2N2O3S/c1-23(28(26,27)14-15-7-8-18(21)19(22)11-15)20(16-5-3-2-4-6-16)13-24-10-9-17(25)12-24/h2-8,11,17,20,25H,9-10,12-14H2,1H3. The number of hydrogen-bond donors (Lipinski definition) is 1. The maximum atomic E-state index is 13.5. The van der Waals surface area contributed by atoms with Crippen molar-refractivity contribution in [1.82, 2.24) is 9.21 Å². The molecule has 1 heterocycles. The van der Waals surface area contributed by atoms with Gasteiger partial charge in [0.15, 0.2) is 11.6 Å². The average molecular weight is 410 g/mol. The summed E-state index contributed by atoms with van der Waals surface area (Å²) in [6.07, 6.45) is 0.257. The summed E-state index contributed by atoms with van der Waals surface area (Å²) in [6.45, 7) is 1.64. The van der Waals surface area contributed by atoms with Gasteiger partial charge in [0.1, 0.15) is 0 Å². The lowest BCUT2D eigenvalue weighted by molar-refractivity contribution is 0.167. The number of rotatable bonds is 7. The van der Waals surface area contributed by atoms with Crippen LogP contribution in [0.3, 0.4) is 0 Å². The fourth-order valence-corrected chi connectivity index (χ4v) is 4.84. The maximum absolute atomic E-state index is 13.5. The minimum atomic E-state index is -3.79. The number of aliphatic hydroxyl groups excluding tert-OH is 1. The maximum Gasteiger partial charge on any atom is 0.218 e. The second-order valence-corrected chi connectivity index (χ2v) is 9.18. The molecule has 1 aliphatic rings. The molecule has 1 N–H and O–H groups in total. The first kappa shape index (κ1) is 20.9. The summed E-state index contributed by atoms with van der Waals surface area (Å²) in [5.74, 6) is -2.50. The van der Waals surface area contributed by atoms with Crippen LogP contribution in [0.1, 0.15) is 23.6 Å². The molecule has 28 heavy (non-hydrogen) atoms. The van der Waals surface area contributed by atoms with E-state index in [2.05, 4.69) is 0 Å². The molecular weight excluding hydrogens is 386 g/mol. The molecule has 2 unspecified atom stereocenters. The van der Waals surface area contributed by atoms with E-state index >= 15 is 0 Å². The quantitative estimate of drug-likeness (QED) is 0.762. The van der Waals surface area contributed by atoms with Crippen molar-refractivity contribution in [3.05, 3.63) is 71.3 Å². The number of halogens is 2. The highest BCUT2D eigenvalue weighted by Crippen LogP contribution is 2.27. The number of benzene rings is 2. The summed E-state index contributed by atoms with van der Waals surface area (Å²) in [5.41, 5.74) is 1.02. The predicted molar refractivity (Wildman–Crippen MR) is 103 cm³/mol. The molecule has 1 aliphatic heterocycles. The Morgan fingerprint density at radius 3 is 2.50 bits per heavy atom. The highest BCUT2D eigenvalue weighted by molar-refractivity contribution is 7.88. The van der Waals surface area contributed by atoms with Crippen molar-refractivity contribution in [1.29, 1.82) is 0 Å². The Hall–Kier alpha value is -1.87. The van der Waals surface area contributed by atoms with Crippen molar-refractivity contribution in [2.24, 2.45) is 0 Å². The van der Waals surface area contributed by atoms with Crippen LogP contribution in [0.25, 0.3) is 0 Å². The summed E-state index contributed by atoms with van der Waals surface area (Å²) in [6, 6.07) is 11.9. The van der Waals surface area contributed by atoms with Gasteiger partial charge >= 0.3 is 0 Å². The van der Waals surface area contributed by atoms with Crippen molar-refractivity contribution in [2.45, 2.75) is 24.3 Å². The third-order valence-corrected chi connectivity index (χ3v) is 6.90. The molecule has 0 amide bonds. The first-order valence-electron chi connectivity index (χ1n) is 9.11. The number of aliphatic hydroxyl groups is 1. The molecule has 8 heteroatoms. The largest absolute Gasteiger partial charge is 0.392 e. The number of β-amino-alcohol motifs (C(OH)–C–C–N with tert-alkyl or cyclic N) is 1. The van der Waals surface area contributed by atoms with E-state index in [0.717, 1.165) is 17.7 Å². The molecule has 0 aliphatic carbocycles. The molecule has 2 aromatic rings. The van der Waals surface area contributed by atoms with E-state index in [0.29, 0.717) is 26.1 Å². The van der Waals surface area contributed by atoms with Crippen LogP contribution in [0.2, 0.25) is 0 Å². The molecule has 152 valence electrons. The Bertz CT molecular complexity index is 909. The van der Waals surface area contributed by atoms with E-state index in [1.165, 1.54) is 17.4 Å². The topological polar surface area (TPSA) is 60.9 Å². The van der Waals surface area contributed by atoms with E-state index in [-0.39, 0.29) is 5.56 Å². The lowest BCUT2D eigenvalue weighted by Gasteiger charge is -2.31. The SMILES string of the molecule is CN(C(CN1CCC(O)C1)c1ccccc1)S(=O)(=O)Cc1ccc(F)c(F)c1. The molecule has 0 aromatic heterocycles. The Morgan fingerprint density at radius 2 is 1.89 bits per heavy atom. The molecular formula is C20H24F2N2O3S. The smallest absolute Gasteiger partial charge is 0.218 e. The highest BCUT2D eigenvalue weighted by Gasteiger charge is 2.31. The van der Waals surface area contributed by atoms with Crippen molar-refractivity contribution in [2.75, 3.05) is 26.7 Å². The van der Waals surface area contributed by atoms with E-state index in [4.69, 9.17) is 0 Å². The van der Waals surface area contributed by atoms with Crippen molar-refractivity contribution >= 4 is 10.0 Å². The van der Waals surface area contributed by atoms with Crippen molar-refractivity contribution < 1.29 is 22.3 Å². The molecule has 2 aromatic carbocycles. The fourth-order valence-electron chi connectivity index (χ4n) is 3.46. The van der Waals surface area contributed by atoms with Gasteiger partial charge in [-0.1, -0.05) is 36.4 Å². The van der Waals surface area contributed by atoms with E-state index in [1.54, 1.807) is 0 Å². The monoisotopic (exact) mass is 410 g/mol. The Labute approximate surface area is 164 Å². The van der Waals surface area contributed by atoms with Crippen LogP contribution in [-0.4, -0.2) is 55.5 Å². The second-order valence-electron chi connectivity index (χ2n) is 7.15. The van der Waals surface area contributed by atoms with Crippen LogP contribution in [-0.2, 0) is 15.8 Å². The summed E-state index contributed by atoms with van der Waals surface area (Å²) >= 11 is 0. The molecule has 0 radical (unpaired) electrons. The van der Waals surface area contributed by atoms with Crippen molar-refractivity contribution in [3.63, 3.8) is 0 Å². The lowest BCUT2D eigenvalue weighted by atomic mass is 10.1. The van der Waals surface area contributed by atoms with Gasteiger partial charge in [-0.05, 0) is 29.7 Å². The summed E-state index contributed by atoms with van der Waals surface area (Å²) in [5, 5.41) is 9.79. The first-order chi connectivity index (χ1) is 13.3. The van der Waals surface area contributed by atoms with Gasteiger partial charge in [-0.2, -0.15) is 4.31 Å². The third-order valence-electron chi connectivity index (χ3n) is 5.07. The van der Waals surface area contributed by atoms with Crippen LogP contribution in [0.15, 0.2) is 48.5 Å². The van der Waals surface area contributed by atoms with Crippen LogP contribution in [0.5, 0.6) is 0 Å². The summed E-state index contributed by atoms with van der Waals surface area (Å²) in [4.78, 5) is 2.03. The van der Waals surface area contributed by atoms with E-state index < -0.39 is 39.6 Å². The highest BCUT2D eigenvalue weighted by atomic mass is 32.2. The molecule has 1 saturated heterocycles. The Balaban J connectivity index is 1.84. The van der Waals surface area contributed by atoms with Crippen LogP contribution >= 0.6 is 0 Å². The zero-order valence-electron chi connectivity index (χ0n) is 15.6. The van der Waals surface area contributed by atoms with Gasteiger partial charge in [-0.3, -0.25) is 4.90 Å². The lowest BCUT2D eigenvalue weighted by Crippen LogP contribution is -2.39. The Morgan fingerprint density at radius 1 is 1.18 bits per heavy atom. The number of likely N-dealkylation sites (N-methyl/N-ethyl adjacent to an activating group) is 1. The normalized spacial score (nSPS) is 19.2. The number of likely N-dealkylation sites (tertiary alicyclic amines) is 1. The number of nitrogens with zero attached hydrogens (tertiary/aromatic N) is 2. The van der Waals surface area contributed by atoms with Gasteiger partial charge < -0.3 is 5.11 Å². The zero-order valence-corrected chi connectivity index (χ0v) is 16.4.